The fourth-order valence-electron chi connectivity index (χ4n) is 2.38. The molecule has 2 rings (SSSR count). The number of amides is 2. The maximum Gasteiger partial charge on any atom is 0.243 e. The van der Waals surface area contributed by atoms with E-state index in [1.807, 2.05) is 49.7 Å². The van der Waals surface area contributed by atoms with Crippen molar-refractivity contribution < 1.29 is 9.59 Å². The first-order chi connectivity index (χ1) is 10.4. The fraction of sp³-hybridized carbons (Fsp3) is 0.438. The summed E-state index contributed by atoms with van der Waals surface area (Å²) in [6.45, 7) is 5.53. The van der Waals surface area contributed by atoms with Crippen LogP contribution in [-0.4, -0.2) is 27.4 Å². The molecule has 0 spiro atoms. The molecule has 1 aromatic carbocycles. The van der Waals surface area contributed by atoms with Gasteiger partial charge in [0.2, 0.25) is 11.8 Å². The number of benzene rings is 1. The number of hydrogen-bond donors (Lipinski definition) is 2. The monoisotopic (exact) mass is 302 g/mol. The second-order valence-corrected chi connectivity index (χ2v) is 5.72. The number of fused-ring (bicyclic) bond motifs is 1. The topological polar surface area (TPSA) is 76.0 Å². The first-order valence-electron chi connectivity index (χ1n) is 7.35. The van der Waals surface area contributed by atoms with E-state index in [4.69, 9.17) is 0 Å². The standard InChI is InChI=1S/C16H22N4O2/c1-10(2)15(18-11(3)21)16(22)17-9-14-19-12-7-5-6-8-13(12)20(14)4/h5-8,10,15H,9H2,1-4H3,(H,17,22)(H,18,21)/t15-/m1/s1. The molecule has 2 amide bonds. The van der Waals surface area contributed by atoms with Gasteiger partial charge in [-0.1, -0.05) is 26.0 Å². The summed E-state index contributed by atoms with van der Waals surface area (Å²) in [5.74, 6) is 0.387. The smallest absolute Gasteiger partial charge is 0.243 e. The Morgan fingerprint density at radius 3 is 2.55 bits per heavy atom. The van der Waals surface area contributed by atoms with Crippen LogP contribution in [0, 0.1) is 5.92 Å². The molecule has 0 radical (unpaired) electrons. The van der Waals surface area contributed by atoms with Crippen molar-refractivity contribution in [3.05, 3.63) is 30.1 Å². The second kappa shape index (κ2) is 6.60. The van der Waals surface area contributed by atoms with E-state index < -0.39 is 6.04 Å². The van der Waals surface area contributed by atoms with Crippen molar-refractivity contribution in [1.82, 2.24) is 20.2 Å². The van der Waals surface area contributed by atoms with Crippen molar-refractivity contribution in [3.63, 3.8) is 0 Å². The van der Waals surface area contributed by atoms with Crippen molar-refractivity contribution in [2.24, 2.45) is 13.0 Å². The molecule has 0 saturated carbocycles. The number of imidazole rings is 1. The third-order valence-electron chi connectivity index (χ3n) is 3.61. The zero-order valence-electron chi connectivity index (χ0n) is 13.4. The van der Waals surface area contributed by atoms with Crippen LogP contribution in [0.1, 0.15) is 26.6 Å². The van der Waals surface area contributed by atoms with E-state index in [1.54, 1.807) is 0 Å². The zero-order chi connectivity index (χ0) is 16.3. The molecule has 0 unspecified atom stereocenters. The Hall–Kier alpha value is -2.37. The van der Waals surface area contributed by atoms with Crippen molar-refractivity contribution in [2.75, 3.05) is 0 Å². The van der Waals surface area contributed by atoms with Crippen LogP contribution >= 0.6 is 0 Å². The molecule has 0 aliphatic rings. The third-order valence-corrected chi connectivity index (χ3v) is 3.61. The van der Waals surface area contributed by atoms with E-state index in [9.17, 15) is 9.59 Å². The molecule has 6 nitrogen and oxygen atoms in total. The summed E-state index contributed by atoms with van der Waals surface area (Å²) in [5, 5.41) is 5.53. The second-order valence-electron chi connectivity index (χ2n) is 5.72. The molecule has 6 heteroatoms. The van der Waals surface area contributed by atoms with E-state index in [-0.39, 0.29) is 17.7 Å². The minimum Gasteiger partial charge on any atom is -0.347 e. The summed E-state index contributed by atoms with van der Waals surface area (Å²) in [5.41, 5.74) is 1.92. The Labute approximate surface area is 129 Å². The number of carbonyl (C=O) groups is 2. The molecule has 1 heterocycles. The van der Waals surface area contributed by atoms with E-state index in [0.717, 1.165) is 16.9 Å². The number of carbonyl (C=O) groups excluding carboxylic acids is 2. The van der Waals surface area contributed by atoms with Crippen molar-refractivity contribution in [2.45, 2.75) is 33.4 Å². The Morgan fingerprint density at radius 1 is 1.27 bits per heavy atom. The lowest BCUT2D eigenvalue weighted by atomic mass is 10.0. The number of nitrogens with one attached hydrogen (secondary N) is 2. The van der Waals surface area contributed by atoms with Crippen LogP contribution in [0.2, 0.25) is 0 Å². The molecule has 22 heavy (non-hydrogen) atoms. The van der Waals surface area contributed by atoms with Gasteiger partial charge >= 0.3 is 0 Å². The molecule has 2 N–H and O–H groups in total. The van der Waals surface area contributed by atoms with Crippen molar-refractivity contribution in [3.8, 4) is 0 Å². The summed E-state index contributed by atoms with van der Waals surface area (Å²) in [4.78, 5) is 28.0. The number of hydrogen-bond acceptors (Lipinski definition) is 3. The molecule has 0 aliphatic heterocycles. The minimum atomic E-state index is -0.535. The highest BCUT2D eigenvalue weighted by molar-refractivity contribution is 5.87. The van der Waals surface area contributed by atoms with Gasteiger partial charge in [-0.05, 0) is 18.1 Å². The molecule has 0 saturated heterocycles. The number of aromatic nitrogens is 2. The van der Waals surface area contributed by atoms with E-state index in [2.05, 4.69) is 15.6 Å². The maximum atomic E-state index is 12.3. The van der Waals surface area contributed by atoms with Gasteiger partial charge in [-0.2, -0.15) is 0 Å². The number of para-hydroxylation sites is 2. The molecular formula is C16H22N4O2. The normalized spacial score (nSPS) is 12.4. The predicted molar refractivity (Wildman–Crippen MR) is 85.0 cm³/mol. The highest BCUT2D eigenvalue weighted by Gasteiger charge is 2.23. The average molecular weight is 302 g/mol. The lowest BCUT2D eigenvalue weighted by Crippen LogP contribution is -2.49. The van der Waals surface area contributed by atoms with Gasteiger partial charge in [0.25, 0.3) is 0 Å². The Bertz CT molecular complexity index is 691. The lowest BCUT2D eigenvalue weighted by Gasteiger charge is -2.20. The predicted octanol–water partition coefficient (Wildman–Crippen LogP) is 1.35. The average Bonchev–Trinajstić information content (AvgIpc) is 2.79. The van der Waals surface area contributed by atoms with Gasteiger partial charge in [-0.15, -0.1) is 0 Å². The maximum absolute atomic E-state index is 12.3. The summed E-state index contributed by atoms with van der Waals surface area (Å²) < 4.78 is 1.96. The van der Waals surface area contributed by atoms with Gasteiger partial charge in [0.1, 0.15) is 11.9 Å². The van der Waals surface area contributed by atoms with Crippen LogP contribution in [0.4, 0.5) is 0 Å². The molecule has 0 bridgehead atoms. The quantitative estimate of drug-likeness (QED) is 0.875. The number of aryl methyl sites for hydroxylation is 1. The number of nitrogens with zero attached hydrogens (tertiary/aromatic N) is 2. The Balaban J connectivity index is 2.08. The van der Waals surface area contributed by atoms with Crippen LogP contribution in [0.25, 0.3) is 11.0 Å². The summed E-state index contributed by atoms with van der Waals surface area (Å²) in [6, 6.07) is 7.28. The van der Waals surface area contributed by atoms with Crippen molar-refractivity contribution in [1.29, 1.82) is 0 Å². The van der Waals surface area contributed by atoms with Gasteiger partial charge in [0.15, 0.2) is 0 Å². The van der Waals surface area contributed by atoms with Gasteiger partial charge in [-0.25, -0.2) is 4.98 Å². The number of rotatable bonds is 5. The SMILES string of the molecule is CC(=O)N[C@@H](C(=O)NCc1nc2ccccc2n1C)C(C)C. The summed E-state index contributed by atoms with van der Waals surface area (Å²) in [7, 11) is 1.92. The first kappa shape index (κ1) is 16.0. The zero-order valence-corrected chi connectivity index (χ0v) is 13.4. The van der Waals surface area contributed by atoms with Crippen LogP contribution in [0.5, 0.6) is 0 Å². The molecule has 2 aromatic rings. The third kappa shape index (κ3) is 3.44. The van der Waals surface area contributed by atoms with Crippen LogP contribution < -0.4 is 10.6 Å². The highest BCUT2D eigenvalue weighted by Crippen LogP contribution is 2.14. The largest absolute Gasteiger partial charge is 0.347 e. The first-order valence-corrected chi connectivity index (χ1v) is 7.35. The highest BCUT2D eigenvalue weighted by atomic mass is 16.2. The molecule has 0 fully saturated rings. The molecule has 118 valence electrons. The van der Waals surface area contributed by atoms with E-state index >= 15 is 0 Å². The Morgan fingerprint density at radius 2 is 1.95 bits per heavy atom. The van der Waals surface area contributed by atoms with Crippen LogP contribution in [0.15, 0.2) is 24.3 Å². The van der Waals surface area contributed by atoms with Crippen LogP contribution in [0.3, 0.4) is 0 Å². The Kier molecular flexibility index (Phi) is 4.80. The van der Waals surface area contributed by atoms with Gasteiger partial charge < -0.3 is 15.2 Å². The van der Waals surface area contributed by atoms with E-state index in [0.29, 0.717) is 6.54 Å². The van der Waals surface area contributed by atoms with Crippen LogP contribution in [-0.2, 0) is 23.2 Å². The van der Waals surface area contributed by atoms with Gasteiger partial charge in [0.05, 0.1) is 17.6 Å². The summed E-state index contributed by atoms with van der Waals surface area (Å²) >= 11 is 0. The summed E-state index contributed by atoms with van der Waals surface area (Å²) in [6.07, 6.45) is 0. The fourth-order valence-corrected chi connectivity index (χ4v) is 2.38. The molecule has 0 aliphatic carbocycles. The lowest BCUT2D eigenvalue weighted by molar-refractivity contribution is -0.129. The van der Waals surface area contributed by atoms with E-state index in [1.165, 1.54) is 6.92 Å². The molecule has 1 atom stereocenters. The van der Waals surface area contributed by atoms with Gasteiger partial charge in [-0.3, -0.25) is 9.59 Å². The molecular weight excluding hydrogens is 280 g/mol. The van der Waals surface area contributed by atoms with Crippen molar-refractivity contribution >= 4 is 22.8 Å². The van der Waals surface area contributed by atoms with Gasteiger partial charge in [0, 0.05) is 14.0 Å². The minimum absolute atomic E-state index is 0.0179. The molecule has 1 aromatic heterocycles.